The Kier molecular flexibility index (Phi) is 8.42. The van der Waals surface area contributed by atoms with Crippen LogP contribution < -0.4 is 14.4 Å². The fraction of sp³-hybridized carbons (Fsp3) is 0.281. The van der Waals surface area contributed by atoms with Gasteiger partial charge in [-0.05, 0) is 48.6 Å². The molecule has 5 aromatic rings. The maximum absolute atomic E-state index is 13.7. The van der Waals surface area contributed by atoms with Crippen molar-refractivity contribution in [2.24, 2.45) is 0 Å². The van der Waals surface area contributed by atoms with Crippen molar-refractivity contribution < 1.29 is 28.5 Å². The molecular formula is C32H31N5O6S. The Labute approximate surface area is 258 Å². The number of carbonyl (C=O) groups is 2. The Hall–Kier alpha value is -4.97. The highest BCUT2D eigenvalue weighted by Gasteiger charge is 2.33. The standard InChI is InChI=1S/C32H31N5O6S/c1-4-42-31(38)28-23(16-36-19-33-18-34-36)35-29-27(26(28)21-12-13-24(40-2)25(15-21)41-3)22-11-8-14-37(30(22)44-29)32(39)43-17-20-9-6-5-7-10-20/h5-7,9-10,12-13,15,18-19H,4,8,11,14,16-17H2,1-3H3. The van der Waals surface area contributed by atoms with Crippen LogP contribution in [0.3, 0.4) is 0 Å². The molecular weight excluding hydrogens is 582 g/mol. The Balaban J connectivity index is 1.55. The molecule has 0 bridgehead atoms. The van der Waals surface area contributed by atoms with Crippen LogP contribution in [0.2, 0.25) is 0 Å². The molecule has 0 fully saturated rings. The largest absolute Gasteiger partial charge is 0.493 e. The normalized spacial score (nSPS) is 12.6. The summed E-state index contributed by atoms with van der Waals surface area (Å²) in [7, 11) is 3.14. The number of aryl methyl sites for hydroxylation is 1. The van der Waals surface area contributed by atoms with Crippen LogP contribution in [-0.2, 0) is 29.0 Å². The van der Waals surface area contributed by atoms with Gasteiger partial charge in [-0.25, -0.2) is 24.2 Å². The zero-order valence-corrected chi connectivity index (χ0v) is 25.4. The van der Waals surface area contributed by atoms with Crippen molar-refractivity contribution in [1.29, 1.82) is 0 Å². The third kappa shape index (κ3) is 5.55. The summed E-state index contributed by atoms with van der Waals surface area (Å²) in [4.78, 5) is 38.6. The molecule has 0 atom stereocenters. The first-order valence-electron chi connectivity index (χ1n) is 14.2. The van der Waals surface area contributed by atoms with Gasteiger partial charge in [0.05, 0.1) is 38.6 Å². The maximum Gasteiger partial charge on any atom is 0.415 e. The highest BCUT2D eigenvalue weighted by molar-refractivity contribution is 7.23. The smallest absolute Gasteiger partial charge is 0.415 e. The number of nitrogens with zero attached hydrogens (tertiary/aromatic N) is 5. The van der Waals surface area contributed by atoms with Crippen molar-refractivity contribution in [2.75, 3.05) is 32.3 Å². The summed E-state index contributed by atoms with van der Waals surface area (Å²) in [6.07, 6.45) is 3.99. The van der Waals surface area contributed by atoms with Gasteiger partial charge in [0.15, 0.2) is 11.5 Å². The predicted molar refractivity (Wildman–Crippen MR) is 166 cm³/mol. The Bertz CT molecular complexity index is 1810. The summed E-state index contributed by atoms with van der Waals surface area (Å²) in [5.41, 5.74) is 4.02. The van der Waals surface area contributed by atoms with Crippen LogP contribution in [-0.4, -0.2) is 59.2 Å². The monoisotopic (exact) mass is 613 g/mol. The van der Waals surface area contributed by atoms with Gasteiger partial charge >= 0.3 is 12.1 Å². The van der Waals surface area contributed by atoms with Crippen molar-refractivity contribution in [3.8, 4) is 22.6 Å². The van der Waals surface area contributed by atoms with Gasteiger partial charge in [0.25, 0.3) is 0 Å². The zero-order valence-electron chi connectivity index (χ0n) is 24.6. The number of ether oxygens (including phenoxy) is 4. The number of aromatic nitrogens is 4. The van der Waals surface area contributed by atoms with Crippen LogP contribution >= 0.6 is 11.3 Å². The van der Waals surface area contributed by atoms with E-state index in [-0.39, 0.29) is 19.8 Å². The molecule has 0 aliphatic carbocycles. The summed E-state index contributed by atoms with van der Waals surface area (Å²) in [6, 6.07) is 15.1. The minimum absolute atomic E-state index is 0.167. The molecule has 44 heavy (non-hydrogen) atoms. The highest BCUT2D eigenvalue weighted by Crippen LogP contribution is 2.48. The molecule has 2 aromatic carbocycles. The van der Waals surface area contributed by atoms with Crippen molar-refractivity contribution in [3.05, 3.63) is 83.6 Å². The average Bonchev–Trinajstić information content (AvgIpc) is 3.70. The van der Waals surface area contributed by atoms with Crippen molar-refractivity contribution in [2.45, 2.75) is 32.9 Å². The number of fused-ring (bicyclic) bond motifs is 3. The molecule has 12 heteroatoms. The molecule has 11 nitrogen and oxygen atoms in total. The van der Waals surface area contributed by atoms with Gasteiger partial charge in [-0.1, -0.05) is 47.7 Å². The minimum Gasteiger partial charge on any atom is -0.493 e. The van der Waals surface area contributed by atoms with E-state index in [1.807, 2.05) is 42.5 Å². The Morgan fingerprint density at radius 3 is 2.57 bits per heavy atom. The maximum atomic E-state index is 13.7. The van der Waals surface area contributed by atoms with Gasteiger partial charge in [0.1, 0.15) is 29.1 Å². The number of anilines is 1. The molecule has 4 heterocycles. The SMILES string of the molecule is CCOC(=O)c1c(Cn2cncn2)nc2sc3c(c2c1-c1ccc(OC)c(OC)c1)CCCN3C(=O)OCc1ccccc1. The molecule has 1 aliphatic heterocycles. The number of thiophene rings is 1. The topological polar surface area (TPSA) is 118 Å². The molecule has 0 saturated heterocycles. The van der Waals surface area contributed by atoms with Gasteiger partial charge < -0.3 is 18.9 Å². The van der Waals surface area contributed by atoms with Gasteiger partial charge in [-0.3, -0.25) is 4.90 Å². The van der Waals surface area contributed by atoms with E-state index in [1.165, 1.54) is 17.7 Å². The average molecular weight is 614 g/mol. The third-order valence-electron chi connectivity index (χ3n) is 7.40. The summed E-state index contributed by atoms with van der Waals surface area (Å²) in [5, 5.41) is 5.80. The first-order chi connectivity index (χ1) is 21.5. The van der Waals surface area contributed by atoms with E-state index in [9.17, 15) is 9.59 Å². The van der Waals surface area contributed by atoms with E-state index in [0.717, 1.165) is 33.5 Å². The minimum atomic E-state index is -0.503. The number of carbonyl (C=O) groups excluding carboxylic acids is 2. The van der Waals surface area contributed by atoms with Crippen LogP contribution in [0.15, 0.2) is 61.2 Å². The first kappa shape index (κ1) is 29.1. The van der Waals surface area contributed by atoms with E-state index in [4.69, 9.17) is 23.9 Å². The summed E-state index contributed by atoms with van der Waals surface area (Å²) < 4.78 is 24.1. The van der Waals surface area contributed by atoms with Gasteiger partial charge in [0.2, 0.25) is 0 Å². The molecule has 3 aromatic heterocycles. The molecule has 0 unspecified atom stereocenters. The van der Waals surface area contributed by atoms with E-state index >= 15 is 0 Å². The Morgan fingerprint density at radius 1 is 1.02 bits per heavy atom. The second-order valence-corrected chi connectivity index (χ2v) is 11.0. The van der Waals surface area contributed by atoms with E-state index in [2.05, 4.69) is 10.1 Å². The molecule has 0 saturated carbocycles. The first-order valence-corrected chi connectivity index (χ1v) is 15.0. The lowest BCUT2D eigenvalue weighted by atomic mass is 9.91. The van der Waals surface area contributed by atoms with Gasteiger partial charge in [0, 0.05) is 17.5 Å². The summed E-state index contributed by atoms with van der Waals surface area (Å²) in [6.45, 7) is 2.82. The zero-order chi connectivity index (χ0) is 30.6. The van der Waals surface area contributed by atoms with E-state index in [0.29, 0.717) is 46.1 Å². The summed E-state index contributed by atoms with van der Waals surface area (Å²) >= 11 is 1.41. The Morgan fingerprint density at radius 2 is 1.84 bits per heavy atom. The van der Waals surface area contributed by atoms with Crippen molar-refractivity contribution >= 4 is 38.6 Å². The van der Waals surface area contributed by atoms with Crippen LogP contribution in [0.4, 0.5) is 9.80 Å². The predicted octanol–water partition coefficient (Wildman–Crippen LogP) is 5.89. The summed E-state index contributed by atoms with van der Waals surface area (Å²) in [5.74, 6) is 0.566. The quantitative estimate of drug-likeness (QED) is 0.188. The molecule has 226 valence electrons. The highest BCUT2D eigenvalue weighted by atomic mass is 32.1. The van der Waals surface area contributed by atoms with Crippen molar-refractivity contribution in [3.63, 3.8) is 0 Å². The molecule has 6 rings (SSSR count). The van der Waals surface area contributed by atoms with Crippen LogP contribution in [0.25, 0.3) is 21.3 Å². The van der Waals surface area contributed by atoms with Crippen LogP contribution in [0.5, 0.6) is 11.5 Å². The van der Waals surface area contributed by atoms with Gasteiger partial charge in [-0.15, -0.1) is 0 Å². The molecule has 1 aliphatic rings. The number of esters is 1. The lowest BCUT2D eigenvalue weighted by Crippen LogP contribution is -2.35. The molecule has 1 amide bonds. The van der Waals surface area contributed by atoms with Gasteiger partial charge in [-0.2, -0.15) is 5.10 Å². The number of benzene rings is 2. The second-order valence-electron chi connectivity index (χ2n) is 10.1. The number of pyridine rings is 1. The number of amides is 1. The number of hydrogen-bond acceptors (Lipinski definition) is 10. The molecule has 0 N–H and O–H groups in total. The van der Waals surface area contributed by atoms with Crippen LogP contribution in [0, 0.1) is 0 Å². The fourth-order valence-corrected chi connectivity index (χ4v) is 6.72. The van der Waals surface area contributed by atoms with Crippen LogP contribution in [0.1, 0.15) is 40.5 Å². The molecule has 0 spiro atoms. The molecule has 0 radical (unpaired) electrons. The number of rotatable bonds is 9. The lowest BCUT2D eigenvalue weighted by Gasteiger charge is -2.26. The number of hydrogen-bond donors (Lipinski definition) is 0. The number of methoxy groups -OCH3 is 2. The second kappa shape index (κ2) is 12.7. The van der Waals surface area contributed by atoms with Crippen molar-refractivity contribution in [1.82, 2.24) is 19.7 Å². The lowest BCUT2D eigenvalue weighted by molar-refractivity contribution is 0.0525. The fourth-order valence-electron chi connectivity index (χ4n) is 5.45. The van der Waals surface area contributed by atoms with E-state index < -0.39 is 12.1 Å². The third-order valence-corrected chi connectivity index (χ3v) is 8.55. The van der Waals surface area contributed by atoms with E-state index in [1.54, 1.807) is 43.1 Å².